The standard InChI is InChI=1S/C19H19Se.BF4/c1-19(2,3)18-13-16(14-9-5-4-6-10-14)15-11-7-8-12-17(15)20-18;2-1(3,4)5/h4-13H,1-3H3;/q+1;-1. The molecular formula is C19H19BF4Se. The molecule has 0 bridgehead atoms. The van der Waals surface area contributed by atoms with Crippen molar-refractivity contribution in [3.63, 3.8) is 0 Å². The van der Waals surface area contributed by atoms with E-state index in [-0.39, 0.29) is 5.41 Å². The first-order chi connectivity index (χ1) is 11.6. The van der Waals surface area contributed by atoms with Gasteiger partial charge in [0.2, 0.25) is 0 Å². The second kappa shape index (κ2) is 7.71. The van der Waals surface area contributed by atoms with E-state index in [1.54, 1.807) is 4.44 Å². The van der Waals surface area contributed by atoms with E-state index in [0.29, 0.717) is 14.5 Å². The summed E-state index contributed by atoms with van der Waals surface area (Å²) in [6.45, 7) is 6.95. The monoisotopic (exact) mass is 414 g/mol. The minimum atomic E-state index is -6.00. The van der Waals surface area contributed by atoms with E-state index in [2.05, 4.69) is 81.4 Å². The summed E-state index contributed by atoms with van der Waals surface area (Å²) in [6.07, 6.45) is 0. The molecule has 0 amide bonds. The molecule has 3 rings (SSSR count). The van der Waals surface area contributed by atoms with Crippen LogP contribution >= 0.6 is 0 Å². The fourth-order valence-electron chi connectivity index (χ4n) is 2.36. The van der Waals surface area contributed by atoms with Gasteiger partial charge >= 0.3 is 134 Å². The van der Waals surface area contributed by atoms with E-state index in [4.69, 9.17) is 0 Å². The summed E-state index contributed by atoms with van der Waals surface area (Å²) in [5, 5.41) is 1.41. The number of hydrogen-bond acceptors (Lipinski definition) is 0. The Hall–Kier alpha value is -1.65. The van der Waals surface area contributed by atoms with Crippen LogP contribution in [-0.4, -0.2) is 21.8 Å². The van der Waals surface area contributed by atoms with Crippen LogP contribution in [0.2, 0.25) is 0 Å². The van der Waals surface area contributed by atoms with Crippen molar-refractivity contribution >= 4 is 31.4 Å². The van der Waals surface area contributed by atoms with Gasteiger partial charge in [0.15, 0.2) is 0 Å². The minimum absolute atomic E-state index is 0.244. The van der Waals surface area contributed by atoms with E-state index in [1.165, 1.54) is 20.8 Å². The molecule has 2 aromatic carbocycles. The Labute approximate surface area is 151 Å². The first-order valence-electron chi connectivity index (χ1n) is 7.85. The molecular weight excluding hydrogens is 394 g/mol. The van der Waals surface area contributed by atoms with Gasteiger partial charge in [0.05, 0.1) is 0 Å². The Bertz CT molecular complexity index is 833. The van der Waals surface area contributed by atoms with Gasteiger partial charge in [0.1, 0.15) is 0 Å². The molecule has 0 fully saturated rings. The summed E-state index contributed by atoms with van der Waals surface area (Å²) in [7, 11) is -6.00. The van der Waals surface area contributed by atoms with Crippen molar-refractivity contribution in [2.75, 3.05) is 0 Å². The van der Waals surface area contributed by atoms with E-state index >= 15 is 0 Å². The van der Waals surface area contributed by atoms with Crippen LogP contribution in [0.25, 0.3) is 20.8 Å². The fraction of sp³-hybridized carbons (Fsp3) is 0.211. The molecule has 0 nitrogen and oxygen atoms in total. The molecule has 0 spiro atoms. The Morgan fingerprint density at radius 2 is 1.32 bits per heavy atom. The molecule has 1 heterocycles. The molecule has 0 aliphatic carbocycles. The van der Waals surface area contributed by atoms with Crippen LogP contribution in [0.3, 0.4) is 0 Å². The van der Waals surface area contributed by atoms with E-state index in [0.717, 1.165) is 0 Å². The zero-order valence-electron chi connectivity index (χ0n) is 14.3. The molecule has 132 valence electrons. The number of fused-ring (bicyclic) bond motifs is 1. The molecule has 3 aromatic rings. The second-order valence-corrected chi connectivity index (χ2v) is 8.91. The number of benzene rings is 2. The zero-order chi connectivity index (χ0) is 18.7. The predicted molar refractivity (Wildman–Crippen MR) is 99.6 cm³/mol. The van der Waals surface area contributed by atoms with Gasteiger partial charge in [0.25, 0.3) is 0 Å². The Balaban J connectivity index is 0.000000399. The van der Waals surface area contributed by atoms with Crippen molar-refractivity contribution < 1.29 is 17.3 Å². The average Bonchev–Trinajstić information content (AvgIpc) is 2.52. The van der Waals surface area contributed by atoms with Gasteiger partial charge in [0, 0.05) is 0 Å². The van der Waals surface area contributed by atoms with Gasteiger partial charge in [-0.05, 0) is 0 Å². The van der Waals surface area contributed by atoms with Crippen molar-refractivity contribution in [2.45, 2.75) is 26.2 Å². The normalized spacial score (nSPS) is 11.8. The van der Waals surface area contributed by atoms with Crippen LogP contribution in [-0.2, 0) is 5.41 Å². The van der Waals surface area contributed by atoms with Crippen LogP contribution in [0.1, 0.15) is 25.2 Å². The molecule has 0 radical (unpaired) electrons. The van der Waals surface area contributed by atoms with E-state index in [1.807, 2.05) is 0 Å². The van der Waals surface area contributed by atoms with Crippen molar-refractivity contribution in [3.05, 3.63) is 65.1 Å². The van der Waals surface area contributed by atoms with Crippen LogP contribution in [0.5, 0.6) is 0 Å². The third-order valence-corrected chi connectivity index (χ3v) is 6.70. The topological polar surface area (TPSA) is 0 Å². The largest absolute Gasteiger partial charge is 0.673 e. The molecule has 0 unspecified atom stereocenters. The number of halogens is 4. The van der Waals surface area contributed by atoms with Crippen molar-refractivity contribution in [3.8, 4) is 11.1 Å². The maximum absolute atomic E-state index is 9.75. The first-order valence-corrected chi connectivity index (χ1v) is 9.56. The molecule has 0 N–H and O–H groups in total. The second-order valence-electron chi connectivity index (χ2n) is 6.63. The summed E-state index contributed by atoms with van der Waals surface area (Å²) in [5.41, 5.74) is 2.93. The number of hydrogen-bond donors (Lipinski definition) is 0. The summed E-state index contributed by atoms with van der Waals surface area (Å²) >= 11 is 0.438. The van der Waals surface area contributed by atoms with Crippen LogP contribution in [0, 0.1) is 0 Å². The van der Waals surface area contributed by atoms with Gasteiger partial charge in [-0.15, -0.1) is 0 Å². The van der Waals surface area contributed by atoms with Gasteiger partial charge in [-0.2, -0.15) is 0 Å². The van der Waals surface area contributed by atoms with Gasteiger partial charge < -0.3 is 17.3 Å². The first kappa shape index (κ1) is 19.7. The molecule has 0 saturated carbocycles. The maximum atomic E-state index is 9.75. The summed E-state index contributed by atoms with van der Waals surface area (Å²) < 4.78 is 42.1. The quantitative estimate of drug-likeness (QED) is 0.318. The molecule has 0 atom stereocenters. The minimum Gasteiger partial charge on any atom is -0.418 e. The Morgan fingerprint density at radius 3 is 1.88 bits per heavy atom. The third-order valence-electron chi connectivity index (χ3n) is 3.50. The third kappa shape index (κ3) is 5.98. The van der Waals surface area contributed by atoms with Crippen LogP contribution in [0.15, 0.2) is 60.7 Å². The van der Waals surface area contributed by atoms with Crippen LogP contribution < -0.4 is 0 Å². The maximum Gasteiger partial charge on any atom is 0.673 e. The fourth-order valence-corrected chi connectivity index (χ4v) is 4.78. The molecule has 6 heteroatoms. The zero-order valence-corrected chi connectivity index (χ0v) is 16.0. The van der Waals surface area contributed by atoms with Crippen LogP contribution in [0.4, 0.5) is 17.3 Å². The van der Waals surface area contributed by atoms with Crippen molar-refractivity contribution in [2.24, 2.45) is 0 Å². The summed E-state index contributed by atoms with van der Waals surface area (Å²) in [6, 6.07) is 22.0. The van der Waals surface area contributed by atoms with Gasteiger partial charge in [-0.3, -0.25) is 0 Å². The Kier molecular flexibility index (Phi) is 6.07. The van der Waals surface area contributed by atoms with Crippen molar-refractivity contribution in [1.29, 1.82) is 0 Å². The molecule has 0 aliphatic rings. The average molecular weight is 413 g/mol. The molecule has 25 heavy (non-hydrogen) atoms. The SMILES string of the molecule is CC(C)(C)c1cc(-c2ccccc2)c2ccccc2[se+]1.F[B-](F)(F)F. The molecule has 0 saturated heterocycles. The van der Waals surface area contributed by atoms with Crippen molar-refractivity contribution in [1.82, 2.24) is 0 Å². The summed E-state index contributed by atoms with van der Waals surface area (Å²) in [4.78, 5) is 0. The van der Waals surface area contributed by atoms with Gasteiger partial charge in [-0.1, -0.05) is 0 Å². The Morgan fingerprint density at radius 1 is 0.800 bits per heavy atom. The molecule has 0 aliphatic heterocycles. The van der Waals surface area contributed by atoms with E-state index < -0.39 is 7.25 Å². The predicted octanol–water partition coefficient (Wildman–Crippen LogP) is 6.44. The van der Waals surface area contributed by atoms with Gasteiger partial charge in [-0.25, -0.2) is 0 Å². The van der Waals surface area contributed by atoms with E-state index in [9.17, 15) is 17.3 Å². The summed E-state index contributed by atoms with van der Waals surface area (Å²) in [5.74, 6) is 0. The number of rotatable bonds is 1. The molecule has 1 aromatic heterocycles. The smallest absolute Gasteiger partial charge is 0.418 e.